The van der Waals surface area contributed by atoms with Gasteiger partial charge in [-0.05, 0) is 18.2 Å². The van der Waals surface area contributed by atoms with Crippen LogP contribution in [0.1, 0.15) is 12.1 Å². The number of para-hydroxylation sites is 1. The standard InChI is InChI=1S/C19H23N5O4/c1-22-15(8-9-20-22)13-23(10-11-28-2)18(25)16-12-17(19(26)27)24(21-16)14-6-4-3-5-7-14/h3-9,17H,10-13H2,1-2H3,(H,26,27). The van der Waals surface area contributed by atoms with Gasteiger partial charge in [-0.2, -0.15) is 10.2 Å². The van der Waals surface area contributed by atoms with Crippen molar-refractivity contribution in [2.75, 3.05) is 25.3 Å². The summed E-state index contributed by atoms with van der Waals surface area (Å²) >= 11 is 0. The van der Waals surface area contributed by atoms with E-state index in [9.17, 15) is 14.7 Å². The number of anilines is 1. The summed E-state index contributed by atoms with van der Waals surface area (Å²) < 4.78 is 6.82. The van der Waals surface area contributed by atoms with Crippen molar-refractivity contribution < 1.29 is 19.4 Å². The van der Waals surface area contributed by atoms with E-state index in [4.69, 9.17) is 4.74 Å². The van der Waals surface area contributed by atoms with Gasteiger partial charge in [-0.15, -0.1) is 0 Å². The fraction of sp³-hybridized carbons (Fsp3) is 0.368. The third-order valence-electron chi connectivity index (χ3n) is 4.59. The first-order valence-corrected chi connectivity index (χ1v) is 8.91. The number of hydrogen-bond donors (Lipinski definition) is 1. The highest BCUT2D eigenvalue weighted by Crippen LogP contribution is 2.25. The van der Waals surface area contributed by atoms with Crippen LogP contribution in [0.5, 0.6) is 0 Å². The number of carbonyl (C=O) groups is 2. The molecule has 9 heteroatoms. The van der Waals surface area contributed by atoms with Crippen molar-refractivity contribution in [2.45, 2.75) is 19.0 Å². The van der Waals surface area contributed by atoms with Gasteiger partial charge < -0.3 is 14.7 Å². The van der Waals surface area contributed by atoms with E-state index < -0.39 is 12.0 Å². The number of nitrogens with zero attached hydrogens (tertiary/aromatic N) is 5. The zero-order valence-corrected chi connectivity index (χ0v) is 15.9. The van der Waals surface area contributed by atoms with E-state index in [2.05, 4.69) is 10.2 Å². The lowest BCUT2D eigenvalue weighted by molar-refractivity contribution is -0.138. The van der Waals surface area contributed by atoms with Crippen molar-refractivity contribution in [1.82, 2.24) is 14.7 Å². The number of carboxylic acid groups (broad SMARTS) is 1. The fourth-order valence-electron chi connectivity index (χ4n) is 3.04. The Morgan fingerprint density at radius 2 is 2.04 bits per heavy atom. The van der Waals surface area contributed by atoms with Gasteiger partial charge in [0.05, 0.1) is 24.5 Å². The van der Waals surface area contributed by atoms with Crippen LogP contribution in [0.2, 0.25) is 0 Å². The molecule has 1 unspecified atom stereocenters. The van der Waals surface area contributed by atoms with Crippen molar-refractivity contribution >= 4 is 23.3 Å². The van der Waals surface area contributed by atoms with Crippen LogP contribution >= 0.6 is 0 Å². The summed E-state index contributed by atoms with van der Waals surface area (Å²) in [4.78, 5) is 26.5. The molecule has 0 saturated carbocycles. The molecule has 1 aliphatic heterocycles. The lowest BCUT2D eigenvalue weighted by atomic mass is 10.1. The molecule has 0 spiro atoms. The number of carbonyl (C=O) groups excluding carboxylic acids is 1. The normalized spacial score (nSPS) is 16.1. The average Bonchev–Trinajstić information content (AvgIpc) is 3.32. The van der Waals surface area contributed by atoms with Gasteiger partial charge in [0.25, 0.3) is 5.91 Å². The topological polar surface area (TPSA) is 100 Å². The van der Waals surface area contributed by atoms with Crippen LogP contribution in [0.4, 0.5) is 5.69 Å². The molecule has 148 valence electrons. The number of methoxy groups -OCH3 is 1. The van der Waals surface area contributed by atoms with Crippen LogP contribution in [0.25, 0.3) is 0 Å². The highest BCUT2D eigenvalue weighted by molar-refractivity contribution is 6.40. The third-order valence-corrected chi connectivity index (χ3v) is 4.59. The number of carboxylic acids is 1. The second kappa shape index (κ2) is 8.66. The zero-order chi connectivity index (χ0) is 20.1. The molecule has 28 heavy (non-hydrogen) atoms. The molecule has 2 heterocycles. The first kappa shape index (κ1) is 19.6. The Hall–Kier alpha value is -3.20. The molecule has 0 radical (unpaired) electrons. The van der Waals surface area contributed by atoms with E-state index in [-0.39, 0.29) is 18.0 Å². The molecule has 1 aromatic carbocycles. The Morgan fingerprint density at radius 1 is 1.29 bits per heavy atom. The SMILES string of the molecule is COCCN(Cc1ccnn1C)C(=O)C1=NN(c2ccccc2)C(C(=O)O)C1. The summed E-state index contributed by atoms with van der Waals surface area (Å²) in [6.45, 7) is 1.06. The maximum atomic E-state index is 13.1. The summed E-state index contributed by atoms with van der Waals surface area (Å²) in [5.41, 5.74) is 1.71. The van der Waals surface area contributed by atoms with Crippen LogP contribution < -0.4 is 5.01 Å². The van der Waals surface area contributed by atoms with Crippen LogP contribution in [-0.2, 0) is 27.9 Å². The van der Waals surface area contributed by atoms with Crippen LogP contribution in [-0.4, -0.2) is 63.7 Å². The molecular weight excluding hydrogens is 362 g/mol. The number of rotatable bonds is 8. The van der Waals surface area contributed by atoms with Gasteiger partial charge >= 0.3 is 5.97 Å². The van der Waals surface area contributed by atoms with Crippen molar-refractivity contribution in [1.29, 1.82) is 0 Å². The number of ether oxygens (including phenoxy) is 1. The summed E-state index contributed by atoms with van der Waals surface area (Å²) in [6.07, 6.45) is 1.71. The van der Waals surface area contributed by atoms with Gasteiger partial charge in [0.1, 0.15) is 5.71 Å². The van der Waals surface area contributed by atoms with Crippen molar-refractivity contribution in [2.24, 2.45) is 12.1 Å². The molecule has 9 nitrogen and oxygen atoms in total. The molecule has 0 saturated heterocycles. The maximum Gasteiger partial charge on any atom is 0.328 e. The Kier molecular flexibility index (Phi) is 6.05. The molecule has 1 amide bonds. The van der Waals surface area contributed by atoms with Crippen molar-refractivity contribution in [3.8, 4) is 0 Å². The number of aryl methyl sites for hydroxylation is 1. The Balaban J connectivity index is 1.85. The number of hydrazone groups is 1. The number of benzene rings is 1. The molecule has 1 N–H and O–H groups in total. The second-order valence-corrected chi connectivity index (χ2v) is 6.45. The molecule has 2 aromatic rings. The summed E-state index contributed by atoms with van der Waals surface area (Å²) in [6, 6.07) is 9.90. The second-order valence-electron chi connectivity index (χ2n) is 6.45. The van der Waals surface area contributed by atoms with E-state index in [1.807, 2.05) is 12.1 Å². The predicted octanol–water partition coefficient (Wildman–Crippen LogP) is 1.11. The van der Waals surface area contributed by atoms with Crippen LogP contribution in [0, 0.1) is 0 Å². The summed E-state index contributed by atoms with van der Waals surface area (Å²) in [5.74, 6) is -1.33. The summed E-state index contributed by atoms with van der Waals surface area (Å²) in [5, 5.41) is 19.5. The summed E-state index contributed by atoms with van der Waals surface area (Å²) in [7, 11) is 3.37. The van der Waals surface area contributed by atoms with Gasteiger partial charge in [-0.1, -0.05) is 18.2 Å². The Morgan fingerprint density at radius 3 is 2.64 bits per heavy atom. The molecule has 0 fully saturated rings. The maximum absolute atomic E-state index is 13.1. The highest BCUT2D eigenvalue weighted by atomic mass is 16.5. The molecule has 3 rings (SSSR count). The number of amides is 1. The van der Waals surface area contributed by atoms with Gasteiger partial charge in [0, 0.05) is 33.3 Å². The smallest absolute Gasteiger partial charge is 0.328 e. The van der Waals surface area contributed by atoms with Gasteiger partial charge in [-0.3, -0.25) is 14.5 Å². The molecule has 1 aromatic heterocycles. The van der Waals surface area contributed by atoms with Crippen LogP contribution in [0.3, 0.4) is 0 Å². The van der Waals surface area contributed by atoms with E-state index in [1.54, 1.807) is 54.2 Å². The molecular formula is C19H23N5O4. The Bertz CT molecular complexity index is 864. The van der Waals surface area contributed by atoms with E-state index in [1.165, 1.54) is 5.01 Å². The molecule has 0 aliphatic carbocycles. The average molecular weight is 385 g/mol. The molecule has 1 atom stereocenters. The fourth-order valence-corrected chi connectivity index (χ4v) is 3.04. The van der Waals surface area contributed by atoms with E-state index >= 15 is 0 Å². The number of hydrogen-bond acceptors (Lipinski definition) is 6. The van der Waals surface area contributed by atoms with Crippen molar-refractivity contribution in [3.05, 3.63) is 48.3 Å². The largest absolute Gasteiger partial charge is 0.480 e. The Labute approximate surface area is 162 Å². The number of aliphatic carboxylic acids is 1. The van der Waals surface area contributed by atoms with E-state index in [0.29, 0.717) is 25.4 Å². The third kappa shape index (κ3) is 4.20. The molecule has 1 aliphatic rings. The lowest BCUT2D eigenvalue weighted by Gasteiger charge is -2.22. The van der Waals surface area contributed by atoms with Crippen molar-refractivity contribution in [3.63, 3.8) is 0 Å². The number of aromatic nitrogens is 2. The van der Waals surface area contributed by atoms with Gasteiger partial charge in [-0.25, -0.2) is 4.79 Å². The minimum Gasteiger partial charge on any atom is -0.480 e. The van der Waals surface area contributed by atoms with Gasteiger partial charge in [0.2, 0.25) is 0 Å². The predicted molar refractivity (Wildman–Crippen MR) is 103 cm³/mol. The molecule has 0 bridgehead atoms. The first-order valence-electron chi connectivity index (χ1n) is 8.91. The van der Waals surface area contributed by atoms with Crippen LogP contribution in [0.15, 0.2) is 47.7 Å². The van der Waals surface area contributed by atoms with Gasteiger partial charge in [0.15, 0.2) is 6.04 Å². The quantitative estimate of drug-likeness (QED) is 0.731. The van der Waals surface area contributed by atoms with E-state index in [0.717, 1.165) is 5.69 Å². The minimum absolute atomic E-state index is 0.0396. The first-order chi connectivity index (χ1) is 13.5. The minimum atomic E-state index is -1.02. The highest BCUT2D eigenvalue weighted by Gasteiger charge is 2.37. The lowest BCUT2D eigenvalue weighted by Crippen LogP contribution is -2.39. The monoisotopic (exact) mass is 385 g/mol. The zero-order valence-electron chi connectivity index (χ0n) is 15.9.